The minimum absolute atomic E-state index is 0.000282. The normalized spacial score (nSPS) is 22.2. The van der Waals surface area contributed by atoms with Gasteiger partial charge in [0.1, 0.15) is 6.54 Å². The lowest BCUT2D eigenvalue weighted by Gasteiger charge is -2.22. The molecule has 0 bridgehead atoms. The van der Waals surface area contributed by atoms with Gasteiger partial charge >= 0.3 is 11.9 Å². The molecule has 17 heavy (non-hydrogen) atoms. The van der Waals surface area contributed by atoms with Crippen molar-refractivity contribution in [1.82, 2.24) is 0 Å². The Balaban J connectivity index is 2.20. The summed E-state index contributed by atoms with van der Waals surface area (Å²) < 4.78 is 10.9. The van der Waals surface area contributed by atoms with Crippen molar-refractivity contribution in [2.24, 2.45) is 0 Å². The lowest BCUT2D eigenvalue weighted by molar-refractivity contribution is -0.879. The van der Waals surface area contributed by atoms with Gasteiger partial charge in [-0.15, -0.1) is 0 Å². The van der Waals surface area contributed by atoms with Gasteiger partial charge in [0.2, 0.25) is 0 Å². The van der Waals surface area contributed by atoms with Gasteiger partial charge in [-0.05, 0) is 6.92 Å². The molecule has 5 nitrogen and oxygen atoms in total. The first-order valence-electron chi connectivity index (χ1n) is 6.10. The molecule has 1 aliphatic heterocycles. The molecule has 1 saturated heterocycles. The van der Waals surface area contributed by atoms with Gasteiger partial charge in [0.05, 0.1) is 40.1 Å². The molecule has 0 saturated carbocycles. The average Bonchev–Trinajstić information content (AvgIpc) is 2.55. The van der Waals surface area contributed by atoms with E-state index in [9.17, 15) is 9.59 Å². The third kappa shape index (κ3) is 5.17. The van der Waals surface area contributed by atoms with Crippen molar-refractivity contribution < 1.29 is 23.5 Å². The molecule has 1 fully saturated rings. The van der Waals surface area contributed by atoms with Crippen LogP contribution in [0.5, 0.6) is 0 Å². The fourth-order valence-electron chi connectivity index (χ4n) is 2.01. The maximum Gasteiger partial charge on any atom is 0.306 e. The van der Waals surface area contributed by atoms with Crippen molar-refractivity contribution in [1.29, 1.82) is 0 Å². The molecule has 1 rings (SSSR count). The standard InChI is InChI=1S/C12H22NO4/c1-4-16-11(14)5-6-12(15)17-10-7-8-13(2,3)9-10/h10H,4-9H2,1-3H3/q+1. The Labute approximate surface area is 102 Å². The second-order valence-corrected chi connectivity index (χ2v) is 5.05. The van der Waals surface area contributed by atoms with Crippen LogP contribution in [0.1, 0.15) is 26.2 Å². The molecule has 1 heterocycles. The van der Waals surface area contributed by atoms with Crippen LogP contribution < -0.4 is 0 Å². The topological polar surface area (TPSA) is 52.6 Å². The van der Waals surface area contributed by atoms with Crippen LogP contribution >= 0.6 is 0 Å². The molecule has 0 amide bonds. The number of quaternary nitrogens is 1. The number of carbonyl (C=O) groups excluding carboxylic acids is 2. The van der Waals surface area contributed by atoms with Gasteiger partial charge in [0.25, 0.3) is 0 Å². The van der Waals surface area contributed by atoms with Crippen LogP contribution in [0.15, 0.2) is 0 Å². The number of hydrogen-bond donors (Lipinski definition) is 0. The van der Waals surface area contributed by atoms with E-state index in [4.69, 9.17) is 9.47 Å². The van der Waals surface area contributed by atoms with Crippen LogP contribution in [-0.2, 0) is 19.1 Å². The van der Waals surface area contributed by atoms with Crippen LogP contribution in [0, 0.1) is 0 Å². The van der Waals surface area contributed by atoms with Crippen LogP contribution in [0.2, 0.25) is 0 Å². The minimum Gasteiger partial charge on any atom is -0.466 e. The van der Waals surface area contributed by atoms with E-state index in [0.29, 0.717) is 6.61 Å². The van der Waals surface area contributed by atoms with Crippen molar-refractivity contribution in [3.8, 4) is 0 Å². The quantitative estimate of drug-likeness (QED) is 0.528. The van der Waals surface area contributed by atoms with Gasteiger partial charge in [-0.25, -0.2) is 0 Å². The molecule has 1 aliphatic rings. The minimum atomic E-state index is -0.341. The van der Waals surface area contributed by atoms with Gasteiger partial charge < -0.3 is 14.0 Å². The molecule has 0 aromatic carbocycles. The number of rotatable bonds is 5. The van der Waals surface area contributed by atoms with Crippen molar-refractivity contribution in [3.05, 3.63) is 0 Å². The Morgan fingerprint density at radius 2 is 1.88 bits per heavy atom. The highest BCUT2D eigenvalue weighted by molar-refractivity contribution is 5.77. The first-order chi connectivity index (χ1) is 7.93. The van der Waals surface area contributed by atoms with Crippen molar-refractivity contribution in [3.63, 3.8) is 0 Å². The SMILES string of the molecule is CCOC(=O)CCC(=O)OC1CC[N+](C)(C)C1. The lowest BCUT2D eigenvalue weighted by atomic mass is 10.3. The van der Waals surface area contributed by atoms with Crippen molar-refractivity contribution in [2.45, 2.75) is 32.3 Å². The Kier molecular flexibility index (Phi) is 4.93. The van der Waals surface area contributed by atoms with E-state index in [1.807, 2.05) is 0 Å². The molecule has 0 aromatic heterocycles. The highest BCUT2D eigenvalue weighted by atomic mass is 16.5. The van der Waals surface area contributed by atoms with Gasteiger partial charge in [-0.2, -0.15) is 0 Å². The van der Waals surface area contributed by atoms with Crippen molar-refractivity contribution in [2.75, 3.05) is 33.8 Å². The summed E-state index contributed by atoms with van der Waals surface area (Å²) in [6.07, 6.45) is 1.12. The summed E-state index contributed by atoms with van der Waals surface area (Å²) in [6, 6.07) is 0. The first kappa shape index (κ1) is 14.0. The van der Waals surface area contributed by atoms with Gasteiger partial charge in [0, 0.05) is 6.42 Å². The molecule has 1 unspecified atom stereocenters. The van der Waals surface area contributed by atoms with Crippen LogP contribution in [0.4, 0.5) is 0 Å². The Hall–Kier alpha value is -1.10. The second kappa shape index (κ2) is 6.00. The fourth-order valence-corrected chi connectivity index (χ4v) is 2.01. The van der Waals surface area contributed by atoms with Crippen LogP contribution in [0.25, 0.3) is 0 Å². The van der Waals surface area contributed by atoms with E-state index in [-0.39, 0.29) is 30.9 Å². The van der Waals surface area contributed by atoms with E-state index in [2.05, 4.69) is 14.1 Å². The Morgan fingerprint density at radius 1 is 1.24 bits per heavy atom. The third-order valence-corrected chi connectivity index (χ3v) is 2.89. The number of esters is 2. The van der Waals surface area contributed by atoms with E-state index in [1.165, 1.54) is 0 Å². The van der Waals surface area contributed by atoms with Gasteiger partial charge in [-0.3, -0.25) is 9.59 Å². The van der Waals surface area contributed by atoms with Crippen molar-refractivity contribution >= 4 is 11.9 Å². The third-order valence-electron chi connectivity index (χ3n) is 2.89. The van der Waals surface area contributed by atoms with E-state index >= 15 is 0 Å². The molecule has 5 heteroatoms. The molecule has 0 aliphatic carbocycles. The molecule has 1 atom stereocenters. The zero-order chi connectivity index (χ0) is 12.9. The molecule has 0 radical (unpaired) electrons. The highest BCUT2D eigenvalue weighted by Gasteiger charge is 2.33. The number of carbonyl (C=O) groups is 2. The zero-order valence-corrected chi connectivity index (χ0v) is 10.9. The van der Waals surface area contributed by atoms with E-state index in [1.54, 1.807) is 6.92 Å². The number of likely N-dealkylation sites (N-methyl/N-ethyl adjacent to an activating group) is 1. The molecular weight excluding hydrogens is 222 g/mol. The summed E-state index contributed by atoms with van der Waals surface area (Å²) in [7, 11) is 4.24. The molecular formula is C12H22NO4+. The Bertz CT molecular complexity index is 288. The summed E-state index contributed by atoms with van der Waals surface area (Å²) in [5.41, 5.74) is 0. The van der Waals surface area contributed by atoms with Gasteiger partial charge in [0.15, 0.2) is 6.10 Å². The Morgan fingerprint density at radius 3 is 2.41 bits per heavy atom. The summed E-state index contributed by atoms with van der Waals surface area (Å²) >= 11 is 0. The summed E-state index contributed by atoms with van der Waals surface area (Å²) in [6.45, 7) is 3.97. The lowest BCUT2D eigenvalue weighted by Crippen LogP contribution is -2.38. The van der Waals surface area contributed by atoms with Crippen LogP contribution in [-0.4, -0.2) is 56.3 Å². The van der Waals surface area contributed by atoms with E-state index < -0.39 is 0 Å². The second-order valence-electron chi connectivity index (χ2n) is 5.05. The maximum atomic E-state index is 11.5. The largest absolute Gasteiger partial charge is 0.466 e. The molecule has 0 spiro atoms. The molecule has 98 valence electrons. The van der Waals surface area contributed by atoms with Crippen LogP contribution in [0.3, 0.4) is 0 Å². The summed E-state index contributed by atoms with van der Waals surface area (Å²) in [4.78, 5) is 22.5. The molecule has 0 aromatic rings. The summed E-state index contributed by atoms with van der Waals surface area (Å²) in [5, 5.41) is 0. The average molecular weight is 244 g/mol. The number of hydrogen-bond acceptors (Lipinski definition) is 4. The number of likely N-dealkylation sites (tertiary alicyclic amines) is 1. The number of ether oxygens (including phenoxy) is 2. The molecule has 0 N–H and O–H groups in total. The predicted molar refractivity (Wildman–Crippen MR) is 62.2 cm³/mol. The first-order valence-corrected chi connectivity index (χ1v) is 6.10. The summed E-state index contributed by atoms with van der Waals surface area (Å²) in [5.74, 6) is -0.642. The smallest absolute Gasteiger partial charge is 0.306 e. The monoisotopic (exact) mass is 244 g/mol. The highest BCUT2D eigenvalue weighted by Crippen LogP contribution is 2.17. The zero-order valence-electron chi connectivity index (χ0n) is 10.9. The number of nitrogens with zero attached hydrogens (tertiary/aromatic N) is 1. The fraction of sp³-hybridized carbons (Fsp3) is 0.833. The van der Waals surface area contributed by atoms with Gasteiger partial charge in [-0.1, -0.05) is 0 Å². The van der Waals surface area contributed by atoms with E-state index in [0.717, 1.165) is 24.0 Å². The maximum absolute atomic E-state index is 11.5. The predicted octanol–water partition coefficient (Wildman–Crippen LogP) is 0.722.